The van der Waals surface area contributed by atoms with Gasteiger partial charge >= 0.3 is 35.8 Å². The molecule has 14 nitrogen and oxygen atoms in total. The molecule has 0 aromatic heterocycles. The zero-order valence-corrected chi connectivity index (χ0v) is 22.2. The lowest BCUT2D eigenvalue weighted by molar-refractivity contribution is -0.135. The molecular weight excluding hydrogens is 560 g/mol. The summed E-state index contributed by atoms with van der Waals surface area (Å²) in [6.07, 6.45) is 1.12. The van der Waals surface area contributed by atoms with E-state index < -0.39 is 35.8 Å². The molecule has 2 rings (SSSR count). The predicted molar refractivity (Wildman–Crippen MR) is 139 cm³/mol. The van der Waals surface area contributed by atoms with Crippen molar-refractivity contribution in [1.82, 2.24) is 0 Å². The van der Waals surface area contributed by atoms with Gasteiger partial charge < -0.3 is 38.6 Å². The SMILES string of the molecule is O=C(/C=C\C(=O)OC(=O)c1cccc(C(=O)OCCOCCO)c1)OC(=O)c1cccc(C(=O)OCCOCCO)c1. The zero-order valence-electron chi connectivity index (χ0n) is 22.2. The van der Waals surface area contributed by atoms with Crippen molar-refractivity contribution in [3.05, 3.63) is 82.9 Å². The molecular formula is C28H28O14. The lowest BCUT2D eigenvalue weighted by atomic mass is 10.1. The minimum Gasteiger partial charge on any atom is -0.460 e. The van der Waals surface area contributed by atoms with E-state index in [1.165, 1.54) is 36.4 Å². The van der Waals surface area contributed by atoms with Crippen LogP contribution in [0.2, 0.25) is 0 Å². The fourth-order valence-corrected chi connectivity index (χ4v) is 2.94. The van der Waals surface area contributed by atoms with Crippen LogP contribution in [0.15, 0.2) is 60.7 Å². The Morgan fingerprint density at radius 1 is 0.524 bits per heavy atom. The van der Waals surface area contributed by atoms with Gasteiger partial charge in [0.05, 0.1) is 61.9 Å². The highest BCUT2D eigenvalue weighted by atomic mass is 16.6. The Bertz CT molecular complexity index is 1190. The topological polar surface area (TPSA) is 198 Å². The molecule has 224 valence electrons. The first-order chi connectivity index (χ1) is 20.2. The summed E-state index contributed by atoms with van der Waals surface area (Å²) < 4.78 is 29.1. The molecule has 2 aromatic carbocycles. The molecule has 0 saturated carbocycles. The Morgan fingerprint density at radius 3 is 1.24 bits per heavy atom. The van der Waals surface area contributed by atoms with E-state index in [2.05, 4.69) is 9.47 Å². The maximum atomic E-state index is 12.3. The van der Waals surface area contributed by atoms with E-state index >= 15 is 0 Å². The lowest BCUT2D eigenvalue weighted by Gasteiger charge is -2.07. The third-order valence-corrected chi connectivity index (χ3v) is 4.80. The molecule has 42 heavy (non-hydrogen) atoms. The second-order valence-electron chi connectivity index (χ2n) is 7.86. The number of carbonyl (C=O) groups is 6. The van der Waals surface area contributed by atoms with Crippen LogP contribution < -0.4 is 0 Å². The number of esters is 6. The van der Waals surface area contributed by atoms with Crippen LogP contribution in [0.25, 0.3) is 0 Å². The molecule has 0 radical (unpaired) electrons. The summed E-state index contributed by atoms with van der Waals surface area (Å²) in [6.45, 7) is -0.222. The molecule has 0 aliphatic carbocycles. The summed E-state index contributed by atoms with van der Waals surface area (Å²) >= 11 is 0. The molecule has 0 aliphatic rings. The normalized spacial score (nSPS) is 10.6. The van der Waals surface area contributed by atoms with Crippen LogP contribution in [0.5, 0.6) is 0 Å². The Morgan fingerprint density at radius 2 is 0.881 bits per heavy atom. The third kappa shape index (κ3) is 12.2. The minimum atomic E-state index is -1.26. The monoisotopic (exact) mass is 588 g/mol. The van der Waals surface area contributed by atoms with Crippen molar-refractivity contribution in [2.75, 3.05) is 52.9 Å². The average Bonchev–Trinajstić information content (AvgIpc) is 2.99. The maximum Gasteiger partial charge on any atom is 0.346 e. The Labute approximate surface area is 239 Å². The van der Waals surface area contributed by atoms with Crippen LogP contribution in [0.1, 0.15) is 41.4 Å². The summed E-state index contributed by atoms with van der Waals surface area (Å²) in [5, 5.41) is 17.3. The third-order valence-electron chi connectivity index (χ3n) is 4.80. The summed E-state index contributed by atoms with van der Waals surface area (Å²) in [6, 6.07) is 10.3. The molecule has 2 N–H and O–H groups in total. The van der Waals surface area contributed by atoms with Crippen molar-refractivity contribution >= 4 is 35.8 Å². The van der Waals surface area contributed by atoms with Crippen molar-refractivity contribution < 1.29 is 67.4 Å². The molecule has 0 saturated heterocycles. The smallest absolute Gasteiger partial charge is 0.346 e. The van der Waals surface area contributed by atoms with Gasteiger partial charge in [0.2, 0.25) is 0 Å². The van der Waals surface area contributed by atoms with Gasteiger partial charge in [0.1, 0.15) is 13.2 Å². The Balaban J connectivity index is 1.85. The van der Waals surface area contributed by atoms with Crippen LogP contribution >= 0.6 is 0 Å². The van der Waals surface area contributed by atoms with Crippen molar-refractivity contribution in [1.29, 1.82) is 0 Å². The molecule has 0 amide bonds. The number of benzene rings is 2. The second kappa shape index (κ2) is 18.6. The number of rotatable bonds is 16. The lowest BCUT2D eigenvalue weighted by Crippen LogP contribution is -2.15. The first kappa shape index (κ1) is 33.4. The average molecular weight is 589 g/mol. The summed E-state index contributed by atoms with van der Waals surface area (Å²) in [5.74, 6) is -6.29. The highest BCUT2D eigenvalue weighted by molar-refractivity contribution is 6.05. The van der Waals surface area contributed by atoms with Gasteiger partial charge in [0, 0.05) is 12.2 Å². The summed E-state index contributed by atoms with van der Waals surface area (Å²) in [5.41, 5.74) is -0.310. The van der Waals surface area contributed by atoms with E-state index in [9.17, 15) is 28.8 Å². The van der Waals surface area contributed by atoms with Crippen LogP contribution in [0, 0.1) is 0 Å². The predicted octanol–water partition coefficient (Wildman–Crippen LogP) is 0.641. The zero-order chi connectivity index (χ0) is 30.7. The molecule has 0 spiro atoms. The van der Waals surface area contributed by atoms with Gasteiger partial charge in [-0.2, -0.15) is 0 Å². The minimum absolute atomic E-state index is 0.00101. The molecule has 0 fully saturated rings. The molecule has 0 atom stereocenters. The van der Waals surface area contributed by atoms with E-state index in [0.717, 1.165) is 12.1 Å². The number of aliphatic hydroxyl groups is 2. The Hall–Kier alpha value is -4.76. The van der Waals surface area contributed by atoms with Crippen molar-refractivity contribution in [3.63, 3.8) is 0 Å². The van der Waals surface area contributed by atoms with Gasteiger partial charge in [-0.1, -0.05) is 12.1 Å². The molecule has 0 unspecified atom stereocenters. The van der Waals surface area contributed by atoms with E-state index in [-0.39, 0.29) is 75.1 Å². The first-order valence-electron chi connectivity index (χ1n) is 12.4. The van der Waals surface area contributed by atoms with E-state index in [4.69, 9.17) is 29.2 Å². The van der Waals surface area contributed by atoms with Crippen molar-refractivity contribution in [2.45, 2.75) is 0 Å². The molecule has 0 heterocycles. The summed E-state index contributed by atoms with van der Waals surface area (Å²) in [7, 11) is 0. The highest BCUT2D eigenvalue weighted by Gasteiger charge is 2.17. The van der Waals surface area contributed by atoms with Gasteiger partial charge in [-0.05, 0) is 36.4 Å². The van der Waals surface area contributed by atoms with Gasteiger partial charge in [-0.15, -0.1) is 0 Å². The highest BCUT2D eigenvalue weighted by Crippen LogP contribution is 2.10. The standard InChI is InChI=1S/C28H28O14/c29-9-11-37-13-15-39-25(33)19-3-1-5-21(17-19)27(35)41-23(31)7-8-24(32)42-28(36)22-6-2-4-20(18-22)26(34)40-16-14-38-12-10-30/h1-8,17-18,29-30H,9-16H2/b8-7-. The number of carbonyl (C=O) groups excluding carboxylic acids is 6. The molecule has 2 aromatic rings. The largest absolute Gasteiger partial charge is 0.460 e. The van der Waals surface area contributed by atoms with Crippen LogP contribution in [-0.2, 0) is 38.0 Å². The maximum absolute atomic E-state index is 12.3. The van der Waals surface area contributed by atoms with Crippen molar-refractivity contribution in [3.8, 4) is 0 Å². The number of hydrogen-bond acceptors (Lipinski definition) is 14. The van der Waals surface area contributed by atoms with Gasteiger partial charge in [0.15, 0.2) is 0 Å². The fraction of sp³-hybridized carbons (Fsp3) is 0.286. The second-order valence-corrected chi connectivity index (χ2v) is 7.86. The number of hydrogen-bond donors (Lipinski definition) is 2. The first-order valence-corrected chi connectivity index (χ1v) is 12.4. The fourth-order valence-electron chi connectivity index (χ4n) is 2.94. The van der Waals surface area contributed by atoms with Gasteiger partial charge in [-0.3, -0.25) is 0 Å². The van der Waals surface area contributed by atoms with E-state index in [1.54, 1.807) is 0 Å². The summed E-state index contributed by atoms with van der Waals surface area (Å²) in [4.78, 5) is 72.7. The van der Waals surface area contributed by atoms with Crippen LogP contribution in [0.3, 0.4) is 0 Å². The van der Waals surface area contributed by atoms with Crippen LogP contribution in [0.4, 0.5) is 0 Å². The number of ether oxygens (including phenoxy) is 6. The van der Waals surface area contributed by atoms with Crippen LogP contribution in [-0.4, -0.2) is 98.9 Å². The molecule has 0 bridgehead atoms. The van der Waals surface area contributed by atoms with Gasteiger partial charge in [-0.25, -0.2) is 28.8 Å². The molecule has 14 heteroatoms. The van der Waals surface area contributed by atoms with Gasteiger partial charge in [0.25, 0.3) is 0 Å². The molecule has 0 aliphatic heterocycles. The number of aliphatic hydroxyl groups excluding tert-OH is 2. The van der Waals surface area contributed by atoms with Crippen molar-refractivity contribution in [2.24, 2.45) is 0 Å². The Kier molecular flexibility index (Phi) is 14.8. The van der Waals surface area contributed by atoms with E-state index in [0.29, 0.717) is 12.2 Å². The quantitative estimate of drug-likeness (QED) is 0.0910. The van der Waals surface area contributed by atoms with E-state index in [1.807, 2.05) is 0 Å².